The maximum atomic E-state index is 9.57. The number of oxazole rings is 1. The number of nitrogens with zero attached hydrogens (tertiary/aromatic N) is 1. The van der Waals surface area contributed by atoms with Crippen molar-refractivity contribution in [1.29, 1.82) is 0 Å². The molecule has 17 heavy (non-hydrogen) atoms. The molecule has 0 fully saturated rings. The molecule has 3 rings (SSSR count). The van der Waals surface area contributed by atoms with Gasteiger partial charge < -0.3 is 9.52 Å². The van der Waals surface area contributed by atoms with Gasteiger partial charge >= 0.3 is 0 Å². The van der Waals surface area contributed by atoms with Crippen LogP contribution in [0.25, 0.3) is 0 Å². The van der Waals surface area contributed by atoms with Crippen LogP contribution in [0, 0.1) is 0 Å². The predicted molar refractivity (Wildman–Crippen MR) is 63.8 cm³/mol. The van der Waals surface area contributed by atoms with Crippen molar-refractivity contribution in [2.45, 2.75) is 31.8 Å². The number of aliphatic hydroxyl groups is 1. The molecule has 1 N–H and O–H groups in total. The summed E-state index contributed by atoms with van der Waals surface area (Å²) in [5.74, 6) is 1.72. The maximum Gasteiger partial charge on any atom is 0.199 e. The second kappa shape index (κ2) is 4.34. The molecule has 1 heterocycles. The number of hydrogen-bond donors (Lipinski definition) is 1. The highest BCUT2D eigenvalue weighted by atomic mass is 16.4. The molecule has 0 aliphatic heterocycles. The van der Waals surface area contributed by atoms with Gasteiger partial charge in [0, 0.05) is 19.3 Å². The van der Waals surface area contributed by atoms with Crippen LogP contribution < -0.4 is 0 Å². The molecule has 0 saturated heterocycles. The Balaban J connectivity index is 1.81. The first-order valence-electron chi connectivity index (χ1n) is 6.01. The zero-order chi connectivity index (χ0) is 11.7. The van der Waals surface area contributed by atoms with Gasteiger partial charge in [-0.2, -0.15) is 0 Å². The van der Waals surface area contributed by atoms with Crippen molar-refractivity contribution in [1.82, 2.24) is 4.98 Å². The summed E-state index contributed by atoms with van der Waals surface area (Å²) >= 11 is 0. The smallest absolute Gasteiger partial charge is 0.199 e. The lowest BCUT2D eigenvalue weighted by molar-refractivity contribution is 0.153. The van der Waals surface area contributed by atoms with E-state index in [4.69, 9.17) is 4.42 Å². The Morgan fingerprint density at radius 2 is 2.12 bits per heavy atom. The lowest BCUT2D eigenvalue weighted by atomic mass is 9.99. The van der Waals surface area contributed by atoms with Crippen molar-refractivity contribution in [3.05, 3.63) is 53.2 Å². The molecule has 3 heteroatoms. The van der Waals surface area contributed by atoms with Crippen LogP contribution in [0.2, 0.25) is 0 Å². The SMILES string of the molecule is OC1CCc2oc(Cc3ccccc3)nc2C1. The van der Waals surface area contributed by atoms with E-state index >= 15 is 0 Å². The van der Waals surface area contributed by atoms with Gasteiger partial charge in [0.05, 0.1) is 11.8 Å². The van der Waals surface area contributed by atoms with Crippen molar-refractivity contribution >= 4 is 0 Å². The lowest BCUT2D eigenvalue weighted by Gasteiger charge is -2.13. The summed E-state index contributed by atoms with van der Waals surface area (Å²) in [5, 5.41) is 9.57. The van der Waals surface area contributed by atoms with E-state index in [1.54, 1.807) is 0 Å². The van der Waals surface area contributed by atoms with Crippen LogP contribution in [-0.4, -0.2) is 16.2 Å². The van der Waals surface area contributed by atoms with Gasteiger partial charge in [-0.3, -0.25) is 0 Å². The van der Waals surface area contributed by atoms with Crippen LogP contribution in [-0.2, 0) is 19.3 Å². The van der Waals surface area contributed by atoms with E-state index < -0.39 is 0 Å². The lowest BCUT2D eigenvalue weighted by Crippen LogP contribution is -2.17. The second-order valence-electron chi connectivity index (χ2n) is 4.54. The van der Waals surface area contributed by atoms with Crippen molar-refractivity contribution in [2.75, 3.05) is 0 Å². The monoisotopic (exact) mass is 229 g/mol. The van der Waals surface area contributed by atoms with Gasteiger partial charge in [0.15, 0.2) is 5.89 Å². The standard InChI is InChI=1S/C14H15NO2/c16-11-6-7-13-12(9-11)15-14(17-13)8-10-4-2-1-3-5-10/h1-5,11,16H,6-9H2. The van der Waals surface area contributed by atoms with Crippen LogP contribution in [0.5, 0.6) is 0 Å². The number of rotatable bonds is 2. The van der Waals surface area contributed by atoms with Gasteiger partial charge in [0.1, 0.15) is 5.76 Å². The van der Waals surface area contributed by atoms with E-state index in [-0.39, 0.29) is 6.10 Å². The number of aryl methyl sites for hydroxylation is 1. The summed E-state index contributed by atoms with van der Waals surface area (Å²) in [6, 6.07) is 10.2. The van der Waals surface area contributed by atoms with Gasteiger partial charge in [0.2, 0.25) is 0 Å². The molecule has 0 amide bonds. The molecule has 1 aliphatic rings. The fourth-order valence-corrected chi connectivity index (χ4v) is 2.26. The van der Waals surface area contributed by atoms with Crippen LogP contribution in [0.3, 0.4) is 0 Å². The minimum atomic E-state index is -0.253. The Morgan fingerprint density at radius 3 is 2.94 bits per heavy atom. The summed E-state index contributed by atoms with van der Waals surface area (Å²) in [6.07, 6.45) is 2.69. The summed E-state index contributed by atoms with van der Waals surface area (Å²) in [7, 11) is 0. The normalized spacial score (nSPS) is 19.0. The highest BCUT2D eigenvalue weighted by Gasteiger charge is 2.22. The van der Waals surface area contributed by atoms with E-state index in [2.05, 4.69) is 17.1 Å². The highest BCUT2D eigenvalue weighted by Crippen LogP contribution is 2.23. The van der Waals surface area contributed by atoms with Gasteiger partial charge in [-0.1, -0.05) is 30.3 Å². The minimum absolute atomic E-state index is 0.253. The Kier molecular flexibility index (Phi) is 2.69. The highest BCUT2D eigenvalue weighted by molar-refractivity contribution is 5.21. The fraction of sp³-hybridized carbons (Fsp3) is 0.357. The third-order valence-electron chi connectivity index (χ3n) is 3.15. The molecule has 3 nitrogen and oxygen atoms in total. The molecule has 1 aromatic carbocycles. The Morgan fingerprint density at radius 1 is 1.29 bits per heavy atom. The third-order valence-corrected chi connectivity index (χ3v) is 3.15. The summed E-state index contributed by atoms with van der Waals surface area (Å²) in [5.41, 5.74) is 2.14. The van der Waals surface area contributed by atoms with E-state index in [0.717, 1.165) is 36.6 Å². The third kappa shape index (κ3) is 2.24. The van der Waals surface area contributed by atoms with Crippen molar-refractivity contribution in [3.8, 4) is 0 Å². The molecule has 88 valence electrons. The first kappa shape index (κ1) is 10.5. The van der Waals surface area contributed by atoms with Crippen LogP contribution in [0.15, 0.2) is 34.7 Å². The Labute approximate surface area is 100 Å². The Bertz CT molecular complexity index is 504. The molecule has 1 aliphatic carbocycles. The zero-order valence-electron chi connectivity index (χ0n) is 9.60. The van der Waals surface area contributed by atoms with Gasteiger partial charge in [0.25, 0.3) is 0 Å². The second-order valence-corrected chi connectivity index (χ2v) is 4.54. The topological polar surface area (TPSA) is 46.3 Å². The van der Waals surface area contributed by atoms with Crippen molar-refractivity contribution in [2.24, 2.45) is 0 Å². The molecule has 2 aromatic rings. The molecule has 0 saturated carbocycles. The molecular formula is C14H15NO2. The number of aliphatic hydroxyl groups excluding tert-OH is 1. The molecule has 1 aromatic heterocycles. The average Bonchev–Trinajstić information content (AvgIpc) is 2.71. The zero-order valence-corrected chi connectivity index (χ0v) is 9.60. The Hall–Kier alpha value is -1.61. The summed E-state index contributed by atoms with van der Waals surface area (Å²) in [4.78, 5) is 4.47. The number of aromatic nitrogens is 1. The number of hydrogen-bond acceptors (Lipinski definition) is 3. The van der Waals surface area contributed by atoms with Crippen LogP contribution in [0.1, 0.15) is 29.3 Å². The maximum absolute atomic E-state index is 9.57. The van der Waals surface area contributed by atoms with E-state index in [1.165, 1.54) is 5.56 Å². The molecule has 0 radical (unpaired) electrons. The average molecular weight is 229 g/mol. The summed E-state index contributed by atoms with van der Waals surface area (Å²) in [6.45, 7) is 0. The molecular weight excluding hydrogens is 214 g/mol. The molecule has 1 atom stereocenters. The number of fused-ring (bicyclic) bond motifs is 1. The largest absolute Gasteiger partial charge is 0.445 e. The van der Waals surface area contributed by atoms with E-state index in [0.29, 0.717) is 6.42 Å². The van der Waals surface area contributed by atoms with Crippen LogP contribution in [0.4, 0.5) is 0 Å². The summed E-state index contributed by atoms with van der Waals surface area (Å²) < 4.78 is 5.74. The quantitative estimate of drug-likeness (QED) is 0.858. The first-order valence-corrected chi connectivity index (χ1v) is 6.01. The van der Waals surface area contributed by atoms with Crippen LogP contribution >= 0.6 is 0 Å². The number of benzene rings is 1. The first-order chi connectivity index (χ1) is 8.31. The van der Waals surface area contributed by atoms with Crippen molar-refractivity contribution < 1.29 is 9.52 Å². The molecule has 0 spiro atoms. The van der Waals surface area contributed by atoms with Gasteiger partial charge in [-0.05, 0) is 12.0 Å². The molecule has 1 unspecified atom stereocenters. The van der Waals surface area contributed by atoms with Gasteiger partial charge in [-0.25, -0.2) is 4.98 Å². The van der Waals surface area contributed by atoms with E-state index in [1.807, 2.05) is 18.2 Å². The van der Waals surface area contributed by atoms with E-state index in [9.17, 15) is 5.11 Å². The molecule has 0 bridgehead atoms. The minimum Gasteiger partial charge on any atom is -0.445 e. The fourth-order valence-electron chi connectivity index (χ4n) is 2.26. The van der Waals surface area contributed by atoms with Gasteiger partial charge in [-0.15, -0.1) is 0 Å². The van der Waals surface area contributed by atoms with Crippen molar-refractivity contribution in [3.63, 3.8) is 0 Å². The predicted octanol–water partition coefficient (Wildman–Crippen LogP) is 2.12.